The first kappa shape index (κ1) is 16.0. The first-order valence-electron chi connectivity index (χ1n) is 6.21. The van der Waals surface area contributed by atoms with E-state index in [9.17, 15) is 4.79 Å². The van der Waals surface area contributed by atoms with Crippen molar-refractivity contribution in [1.29, 1.82) is 5.26 Å². The molecule has 0 heterocycles. The van der Waals surface area contributed by atoms with Gasteiger partial charge in [0.2, 0.25) is 0 Å². The van der Waals surface area contributed by atoms with Crippen LogP contribution in [0.4, 0.5) is 10.5 Å². The first-order chi connectivity index (χ1) is 10.2. The zero-order valence-corrected chi connectivity index (χ0v) is 11.8. The van der Waals surface area contributed by atoms with Crippen molar-refractivity contribution < 1.29 is 9.53 Å². The summed E-state index contributed by atoms with van der Waals surface area (Å²) in [7, 11) is 0. The van der Waals surface area contributed by atoms with Crippen LogP contribution in [0.1, 0.15) is 13.8 Å². The minimum atomic E-state index is -0.686. The molecule has 7 heteroatoms. The van der Waals surface area contributed by atoms with Gasteiger partial charge in [-0.25, -0.2) is 10.2 Å². The van der Waals surface area contributed by atoms with Crippen LogP contribution in [-0.4, -0.2) is 18.9 Å². The van der Waals surface area contributed by atoms with E-state index in [1.54, 1.807) is 26.0 Å². The summed E-state index contributed by atoms with van der Waals surface area (Å²) in [5.74, 6) is 0. The number of hydrogen-bond donors (Lipinski definition) is 1. The van der Waals surface area contributed by atoms with Gasteiger partial charge >= 0.3 is 6.09 Å². The maximum absolute atomic E-state index is 11.0. The highest BCUT2D eigenvalue weighted by molar-refractivity contribution is 5.85. The molecular weight excluding hydrogens is 270 g/mol. The first-order valence-corrected chi connectivity index (χ1v) is 6.21. The highest BCUT2D eigenvalue weighted by atomic mass is 16.5. The van der Waals surface area contributed by atoms with E-state index in [-0.39, 0.29) is 12.2 Å². The van der Waals surface area contributed by atoms with Gasteiger partial charge in [0.15, 0.2) is 0 Å². The number of ether oxygens (including phenoxy) is 1. The summed E-state index contributed by atoms with van der Waals surface area (Å²) in [6.07, 6.45) is 0.505. The Labute approximate surface area is 122 Å². The molecule has 0 spiro atoms. The SMILES string of the molecule is CCOC(=O)N/N=C/C(C#N)=C(\C)N=Nc1ccccc1. The normalized spacial score (nSPS) is 12.0. The van der Waals surface area contributed by atoms with Gasteiger partial charge in [0.25, 0.3) is 0 Å². The van der Waals surface area contributed by atoms with E-state index in [1.807, 2.05) is 24.3 Å². The summed E-state index contributed by atoms with van der Waals surface area (Å²) in [6, 6.07) is 11.1. The number of nitriles is 1. The number of amides is 1. The van der Waals surface area contributed by atoms with Gasteiger partial charge in [0.1, 0.15) is 6.07 Å². The lowest BCUT2D eigenvalue weighted by Gasteiger charge is -1.98. The van der Waals surface area contributed by atoms with E-state index in [0.717, 1.165) is 0 Å². The number of rotatable bonds is 5. The lowest BCUT2D eigenvalue weighted by molar-refractivity contribution is 0.152. The smallest absolute Gasteiger partial charge is 0.427 e. The highest BCUT2D eigenvalue weighted by Crippen LogP contribution is 2.13. The number of benzene rings is 1. The second-order valence-corrected chi connectivity index (χ2v) is 3.74. The Morgan fingerprint density at radius 2 is 2.14 bits per heavy atom. The molecule has 21 heavy (non-hydrogen) atoms. The van der Waals surface area contributed by atoms with Crippen molar-refractivity contribution in [1.82, 2.24) is 5.43 Å². The number of azo groups is 1. The molecule has 0 aromatic heterocycles. The number of hydrogen-bond acceptors (Lipinski definition) is 6. The summed E-state index contributed by atoms with van der Waals surface area (Å²) >= 11 is 0. The molecule has 0 aliphatic heterocycles. The third kappa shape index (κ3) is 6.11. The monoisotopic (exact) mass is 285 g/mol. The van der Waals surface area contributed by atoms with Crippen LogP contribution >= 0.6 is 0 Å². The topological polar surface area (TPSA) is 99.2 Å². The molecule has 1 aromatic carbocycles. The fourth-order valence-corrected chi connectivity index (χ4v) is 1.20. The van der Waals surface area contributed by atoms with Gasteiger partial charge in [-0.15, -0.1) is 0 Å². The highest BCUT2D eigenvalue weighted by Gasteiger charge is 2.00. The van der Waals surface area contributed by atoms with Crippen molar-refractivity contribution in [3.8, 4) is 6.07 Å². The molecule has 0 bridgehead atoms. The molecular formula is C14H15N5O2. The van der Waals surface area contributed by atoms with E-state index in [4.69, 9.17) is 5.26 Å². The Balaban J connectivity index is 2.73. The van der Waals surface area contributed by atoms with Crippen LogP contribution in [0.15, 0.2) is 56.9 Å². The summed E-state index contributed by atoms with van der Waals surface area (Å²) in [6.45, 7) is 3.55. The molecule has 1 amide bonds. The molecule has 0 saturated heterocycles. The lowest BCUT2D eigenvalue weighted by atomic mass is 10.2. The molecule has 0 atom stereocenters. The number of hydrazone groups is 1. The second kappa shape index (κ2) is 8.98. The number of carbonyl (C=O) groups excluding carboxylic acids is 1. The molecule has 0 unspecified atom stereocenters. The van der Waals surface area contributed by atoms with Gasteiger partial charge in [0, 0.05) is 0 Å². The van der Waals surface area contributed by atoms with Gasteiger partial charge in [-0.2, -0.15) is 20.6 Å². The predicted molar refractivity (Wildman–Crippen MR) is 77.9 cm³/mol. The number of nitrogens with zero attached hydrogens (tertiary/aromatic N) is 4. The molecule has 1 aromatic rings. The van der Waals surface area contributed by atoms with Crippen LogP contribution in [0.3, 0.4) is 0 Å². The van der Waals surface area contributed by atoms with Gasteiger partial charge < -0.3 is 4.74 Å². The summed E-state index contributed by atoms with van der Waals surface area (Å²) in [5, 5.41) is 20.6. The maximum atomic E-state index is 11.0. The minimum absolute atomic E-state index is 0.187. The number of nitrogens with one attached hydrogen (secondary N) is 1. The summed E-state index contributed by atoms with van der Waals surface area (Å²) in [4.78, 5) is 11.0. The van der Waals surface area contributed by atoms with E-state index in [1.165, 1.54) is 6.21 Å². The molecule has 0 radical (unpaired) electrons. The molecule has 0 aliphatic rings. The van der Waals surface area contributed by atoms with Crippen LogP contribution in [0, 0.1) is 11.3 Å². The van der Waals surface area contributed by atoms with E-state index in [0.29, 0.717) is 11.4 Å². The fourth-order valence-electron chi connectivity index (χ4n) is 1.20. The number of allylic oxidation sites excluding steroid dienone is 2. The van der Waals surface area contributed by atoms with Crippen LogP contribution in [0.5, 0.6) is 0 Å². The van der Waals surface area contributed by atoms with Crippen molar-refractivity contribution in [3.05, 3.63) is 41.6 Å². The Morgan fingerprint density at radius 1 is 1.43 bits per heavy atom. The Bertz CT molecular complexity index is 600. The van der Waals surface area contributed by atoms with E-state index in [2.05, 4.69) is 25.5 Å². The molecule has 108 valence electrons. The third-order valence-electron chi connectivity index (χ3n) is 2.21. The van der Waals surface area contributed by atoms with E-state index < -0.39 is 6.09 Å². The molecule has 0 saturated carbocycles. The average molecular weight is 285 g/mol. The minimum Gasteiger partial charge on any atom is -0.449 e. The summed E-state index contributed by atoms with van der Waals surface area (Å²) in [5.41, 5.74) is 3.38. The van der Waals surface area contributed by atoms with Crippen LogP contribution in [-0.2, 0) is 4.74 Å². The van der Waals surface area contributed by atoms with Crippen molar-refractivity contribution in [2.45, 2.75) is 13.8 Å². The van der Waals surface area contributed by atoms with Crippen molar-refractivity contribution in [2.24, 2.45) is 15.3 Å². The zero-order valence-electron chi connectivity index (χ0n) is 11.8. The van der Waals surface area contributed by atoms with Gasteiger partial charge in [0.05, 0.1) is 29.8 Å². The maximum Gasteiger partial charge on any atom is 0.427 e. The fraction of sp³-hybridized carbons (Fsp3) is 0.214. The van der Waals surface area contributed by atoms with Gasteiger partial charge in [-0.3, -0.25) is 0 Å². The molecule has 7 nitrogen and oxygen atoms in total. The van der Waals surface area contributed by atoms with Crippen molar-refractivity contribution >= 4 is 18.0 Å². The molecule has 1 N–H and O–H groups in total. The Morgan fingerprint density at radius 3 is 2.76 bits per heavy atom. The molecule has 0 fully saturated rings. The molecule has 0 aliphatic carbocycles. The lowest BCUT2D eigenvalue weighted by Crippen LogP contribution is -2.18. The Kier molecular flexibility index (Phi) is 6.86. The van der Waals surface area contributed by atoms with Gasteiger partial charge in [-0.1, -0.05) is 18.2 Å². The predicted octanol–water partition coefficient (Wildman–Crippen LogP) is 3.30. The largest absolute Gasteiger partial charge is 0.449 e. The van der Waals surface area contributed by atoms with Gasteiger partial charge in [-0.05, 0) is 26.0 Å². The molecule has 1 rings (SSSR count). The third-order valence-corrected chi connectivity index (χ3v) is 2.21. The van der Waals surface area contributed by atoms with Crippen molar-refractivity contribution in [2.75, 3.05) is 6.61 Å². The van der Waals surface area contributed by atoms with E-state index >= 15 is 0 Å². The second-order valence-electron chi connectivity index (χ2n) is 3.74. The van der Waals surface area contributed by atoms with Crippen LogP contribution in [0.25, 0.3) is 0 Å². The zero-order chi connectivity index (χ0) is 15.5. The standard InChI is InChI=1S/C14H15N5O2/c1-3-21-14(20)19-16-10-12(9-15)11(2)17-18-13-7-5-4-6-8-13/h4-8,10H,3H2,1-2H3,(H,19,20)/b12-11+,16-10+,18-17?. The van der Waals surface area contributed by atoms with Crippen LogP contribution < -0.4 is 5.43 Å². The van der Waals surface area contributed by atoms with Crippen LogP contribution in [0.2, 0.25) is 0 Å². The summed E-state index contributed by atoms with van der Waals surface area (Å²) < 4.78 is 4.62. The Hall–Kier alpha value is -3.01. The quantitative estimate of drug-likeness (QED) is 0.389. The van der Waals surface area contributed by atoms with Crippen molar-refractivity contribution in [3.63, 3.8) is 0 Å². The average Bonchev–Trinajstić information content (AvgIpc) is 2.50. The number of carbonyl (C=O) groups is 1.